The molecule has 3 aromatic carbocycles. The molecule has 2 aliphatic rings. The Morgan fingerprint density at radius 3 is 1.91 bits per heavy atom. The number of benzene rings is 3. The number of fused-ring (bicyclic) bond motifs is 2. The molecule has 206 valence electrons. The van der Waals surface area contributed by atoms with Gasteiger partial charge in [0.2, 0.25) is 5.70 Å². The number of nitriles is 3. The van der Waals surface area contributed by atoms with E-state index in [9.17, 15) is 29.0 Å². The molecule has 0 N–H and O–H groups in total. The highest BCUT2D eigenvalue weighted by molar-refractivity contribution is 6.27. The molecule has 44 heavy (non-hydrogen) atoms. The maximum absolute atomic E-state index is 13.0. The summed E-state index contributed by atoms with van der Waals surface area (Å²) in [5.41, 5.74) is 3.23. The molecule has 0 aliphatic heterocycles. The summed E-state index contributed by atoms with van der Waals surface area (Å²) in [6, 6.07) is 21.1. The summed E-state index contributed by atoms with van der Waals surface area (Å²) in [4.78, 5) is 10.3. The maximum Gasteiger partial charge on any atom is 0.573 e. The number of ether oxygens (including phenoxy) is 1. The molecule has 5 rings (SSSR count). The standard InChI is InChI=1S/C34H13F3N6O/c1-18-8-10-22-24(12-18)26(15-38)29(31(22)27(16-39)41-2)19-6-5-7-20(13-19)30-32(28(17-40)42-3)23-11-9-21(44-34(35,36)37)14-25(23)33(30)43-4/h5-14H,1H3/b31-27+,32-28?. The normalized spacial score (nSPS) is 15.5. The molecular weight excluding hydrogens is 565 g/mol. The van der Waals surface area contributed by atoms with Gasteiger partial charge in [0.1, 0.15) is 11.8 Å². The average molecular weight is 579 g/mol. The fourth-order valence-electron chi connectivity index (χ4n) is 5.40. The van der Waals surface area contributed by atoms with E-state index in [4.69, 9.17) is 19.7 Å². The first kappa shape index (κ1) is 28.7. The van der Waals surface area contributed by atoms with Crippen molar-refractivity contribution in [3.05, 3.63) is 145 Å². The van der Waals surface area contributed by atoms with Crippen LogP contribution in [-0.2, 0) is 0 Å². The van der Waals surface area contributed by atoms with Gasteiger partial charge in [-0.3, -0.25) is 0 Å². The van der Waals surface area contributed by atoms with Crippen LogP contribution in [0.2, 0.25) is 0 Å². The van der Waals surface area contributed by atoms with Gasteiger partial charge < -0.3 is 4.74 Å². The van der Waals surface area contributed by atoms with Gasteiger partial charge in [0.15, 0.2) is 0 Å². The van der Waals surface area contributed by atoms with Crippen molar-refractivity contribution in [1.82, 2.24) is 0 Å². The molecule has 0 amide bonds. The zero-order chi connectivity index (χ0) is 31.8. The summed E-state index contributed by atoms with van der Waals surface area (Å²) in [5, 5.41) is 29.9. The topological polar surface area (TPSA) is 93.7 Å². The molecule has 0 unspecified atom stereocenters. The minimum absolute atomic E-state index is 0.0505. The maximum atomic E-state index is 13.0. The second kappa shape index (κ2) is 10.9. The first-order chi connectivity index (χ1) is 21.1. The van der Waals surface area contributed by atoms with Gasteiger partial charge in [-0.2, -0.15) is 5.26 Å². The Morgan fingerprint density at radius 2 is 1.34 bits per heavy atom. The van der Waals surface area contributed by atoms with Gasteiger partial charge in [-0.05, 0) is 75.2 Å². The van der Waals surface area contributed by atoms with E-state index in [-0.39, 0.29) is 50.5 Å². The number of halogens is 3. The second-order valence-corrected chi connectivity index (χ2v) is 9.48. The smallest absolute Gasteiger partial charge is 0.406 e. The van der Waals surface area contributed by atoms with Gasteiger partial charge in [0.25, 0.3) is 11.4 Å². The first-order valence-electron chi connectivity index (χ1n) is 12.5. The van der Waals surface area contributed by atoms with E-state index in [1.807, 2.05) is 19.1 Å². The first-order valence-corrected chi connectivity index (χ1v) is 12.5. The van der Waals surface area contributed by atoms with Gasteiger partial charge in [0, 0.05) is 5.57 Å². The van der Waals surface area contributed by atoms with Crippen molar-refractivity contribution < 1.29 is 17.9 Å². The minimum atomic E-state index is -4.98. The van der Waals surface area contributed by atoms with Crippen molar-refractivity contribution in [2.45, 2.75) is 13.3 Å². The van der Waals surface area contributed by atoms with Gasteiger partial charge in [-0.1, -0.05) is 48.0 Å². The molecule has 0 heterocycles. The van der Waals surface area contributed by atoms with Crippen LogP contribution in [0.25, 0.3) is 48.1 Å². The molecule has 0 fully saturated rings. The Kier molecular flexibility index (Phi) is 7.07. The lowest BCUT2D eigenvalue weighted by Gasteiger charge is -2.14. The van der Waals surface area contributed by atoms with E-state index in [2.05, 4.69) is 25.3 Å². The van der Waals surface area contributed by atoms with Crippen LogP contribution in [0.15, 0.2) is 72.1 Å². The number of nitrogens with zero attached hydrogens (tertiary/aromatic N) is 6. The molecule has 2 aliphatic carbocycles. The molecule has 7 nitrogen and oxygen atoms in total. The summed E-state index contributed by atoms with van der Waals surface area (Å²) in [5.74, 6) is -0.575. The number of alkyl halides is 3. The Balaban J connectivity index is 1.81. The molecule has 0 atom stereocenters. The van der Waals surface area contributed by atoms with Crippen LogP contribution in [0.5, 0.6) is 5.75 Å². The van der Waals surface area contributed by atoms with Crippen molar-refractivity contribution in [3.8, 4) is 24.0 Å². The Labute approximate surface area is 249 Å². The number of rotatable bonds is 3. The summed E-state index contributed by atoms with van der Waals surface area (Å²) in [6.45, 7) is 25.0. The zero-order valence-corrected chi connectivity index (χ0v) is 22.5. The molecular formula is C34H13F3N6O. The van der Waals surface area contributed by atoms with E-state index < -0.39 is 12.1 Å². The highest BCUT2D eigenvalue weighted by Crippen LogP contribution is 2.52. The monoisotopic (exact) mass is 578 g/mol. The van der Waals surface area contributed by atoms with Crippen molar-refractivity contribution >= 4 is 33.6 Å². The SMILES string of the molecule is [C-]#[N+]C(C#N)=C1C(c2cccc(C3=C(C#N)c4cc(C)ccc4/C3=C(/C#N)[N+]#[C-])c2)=C([N+]#[C-])c2cc(OC(F)(F)F)ccc21. The van der Waals surface area contributed by atoms with Crippen LogP contribution < -0.4 is 4.74 Å². The lowest BCUT2D eigenvalue weighted by atomic mass is 9.90. The number of hydrogen-bond acceptors (Lipinski definition) is 4. The molecule has 0 saturated heterocycles. The Hall–Kier alpha value is -6.85. The summed E-state index contributed by atoms with van der Waals surface area (Å²) in [7, 11) is 0. The third kappa shape index (κ3) is 4.62. The quantitative estimate of drug-likeness (QED) is 0.230. The van der Waals surface area contributed by atoms with Gasteiger partial charge >= 0.3 is 6.36 Å². The number of allylic oxidation sites excluding steroid dienone is 7. The van der Waals surface area contributed by atoms with Crippen molar-refractivity contribution in [2.75, 3.05) is 0 Å². The van der Waals surface area contributed by atoms with Crippen LogP contribution in [0.4, 0.5) is 13.2 Å². The Morgan fingerprint density at radius 1 is 0.750 bits per heavy atom. The third-order valence-corrected chi connectivity index (χ3v) is 7.02. The number of aryl methyl sites for hydroxylation is 1. The van der Waals surface area contributed by atoms with Crippen molar-refractivity contribution in [3.63, 3.8) is 0 Å². The van der Waals surface area contributed by atoms with Gasteiger partial charge in [-0.25, -0.2) is 25.1 Å². The fourth-order valence-corrected chi connectivity index (χ4v) is 5.40. The van der Waals surface area contributed by atoms with E-state index >= 15 is 0 Å². The summed E-state index contributed by atoms with van der Waals surface area (Å²) >= 11 is 0. The molecule has 0 radical (unpaired) electrons. The van der Waals surface area contributed by atoms with E-state index in [0.717, 1.165) is 17.7 Å². The highest BCUT2D eigenvalue weighted by Gasteiger charge is 2.35. The largest absolute Gasteiger partial charge is 0.573 e. The van der Waals surface area contributed by atoms with Crippen molar-refractivity contribution in [1.29, 1.82) is 15.8 Å². The zero-order valence-electron chi connectivity index (χ0n) is 22.5. The Bertz CT molecular complexity index is 2180. The molecule has 0 bridgehead atoms. The van der Waals surface area contributed by atoms with E-state index in [0.29, 0.717) is 27.8 Å². The lowest BCUT2D eigenvalue weighted by molar-refractivity contribution is -0.274. The van der Waals surface area contributed by atoms with E-state index in [1.54, 1.807) is 42.5 Å². The molecule has 0 saturated carbocycles. The summed E-state index contributed by atoms with van der Waals surface area (Å²) < 4.78 is 43.0. The van der Waals surface area contributed by atoms with Crippen LogP contribution in [0, 0.1) is 60.6 Å². The van der Waals surface area contributed by atoms with Gasteiger partial charge in [-0.15, -0.1) is 13.2 Å². The third-order valence-electron chi connectivity index (χ3n) is 7.02. The van der Waals surface area contributed by atoms with Crippen LogP contribution in [-0.4, -0.2) is 6.36 Å². The predicted octanol–water partition coefficient (Wildman–Crippen LogP) is 8.45. The van der Waals surface area contributed by atoms with Gasteiger partial charge in [0.05, 0.1) is 37.4 Å². The molecule has 10 heteroatoms. The second-order valence-electron chi connectivity index (χ2n) is 9.48. The predicted molar refractivity (Wildman–Crippen MR) is 155 cm³/mol. The molecule has 3 aromatic rings. The van der Waals surface area contributed by atoms with Crippen LogP contribution in [0.1, 0.15) is 38.9 Å². The molecule has 0 spiro atoms. The average Bonchev–Trinajstić information content (AvgIpc) is 3.49. The van der Waals surface area contributed by atoms with E-state index in [1.165, 1.54) is 6.07 Å². The minimum Gasteiger partial charge on any atom is -0.406 e. The lowest BCUT2D eigenvalue weighted by Crippen LogP contribution is -2.17. The van der Waals surface area contributed by atoms with Crippen LogP contribution >= 0.6 is 0 Å². The molecule has 0 aromatic heterocycles. The van der Waals surface area contributed by atoms with Crippen molar-refractivity contribution in [2.24, 2.45) is 0 Å². The number of hydrogen-bond donors (Lipinski definition) is 0. The highest BCUT2D eigenvalue weighted by atomic mass is 19.4. The fraction of sp³-hybridized carbons (Fsp3) is 0.0588. The van der Waals surface area contributed by atoms with Crippen LogP contribution in [0.3, 0.4) is 0 Å². The summed E-state index contributed by atoms with van der Waals surface area (Å²) in [6.07, 6.45) is -4.98.